The van der Waals surface area contributed by atoms with Gasteiger partial charge >= 0.3 is 6.03 Å². The normalized spacial score (nSPS) is 10.6. The second-order valence-corrected chi connectivity index (χ2v) is 5.97. The van der Waals surface area contributed by atoms with Crippen LogP contribution >= 0.6 is 0 Å². The molecular weight excluding hydrogens is 312 g/mol. The summed E-state index contributed by atoms with van der Waals surface area (Å²) in [6.45, 7) is 0.950. The Balaban J connectivity index is 1.47. The van der Waals surface area contributed by atoms with Crippen molar-refractivity contribution in [3.63, 3.8) is 0 Å². The first-order valence-corrected chi connectivity index (χ1v) is 8.43. The Morgan fingerprint density at radius 2 is 1.56 bits per heavy atom. The van der Waals surface area contributed by atoms with E-state index in [1.165, 1.54) is 16.3 Å². The van der Waals surface area contributed by atoms with Crippen LogP contribution < -0.4 is 10.6 Å². The van der Waals surface area contributed by atoms with Crippen molar-refractivity contribution in [3.8, 4) is 0 Å². The van der Waals surface area contributed by atoms with Gasteiger partial charge in [-0.05, 0) is 33.9 Å². The van der Waals surface area contributed by atoms with Gasteiger partial charge in [-0.25, -0.2) is 4.79 Å². The van der Waals surface area contributed by atoms with Crippen LogP contribution in [0.15, 0.2) is 66.7 Å². The second kappa shape index (κ2) is 8.31. The van der Waals surface area contributed by atoms with Gasteiger partial charge in [0.15, 0.2) is 0 Å². The van der Waals surface area contributed by atoms with E-state index in [0.29, 0.717) is 13.1 Å². The molecule has 4 heteroatoms. The van der Waals surface area contributed by atoms with Gasteiger partial charge in [0.05, 0.1) is 6.61 Å². The molecule has 0 unspecified atom stereocenters. The van der Waals surface area contributed by atoms with Gasteiger partial charge in [-0.2, -0.15) is 0 Å². The van der Waals surface area contributed by atoms with E-state index >= 15 is 0 Å². The smallest absolute Gasteiger partial charge is 0.315 e. The number of aliphatic hydroxyl groups excluding tert-OH is 1. The van der Waals surface area contributed by atoms with Crippen molar-refractivity contribution >= 4 is 16.8 Å². The largest absolute Gasteiger partial charge is 0.392 e. The molecule has 0 saturated heterocycles. The average molecular weight is 334 g/mol. The minimum absolute atomic E-state index is 0.0264. The number of carbonyl (C=O) groups is 1. The highest BCUT2D eigenvalue weighted by molar-refractivity contribution is 5.83. The van der Waals surface area contributed by atoms with E-state index < -0.39 is 0 Å². The third-order valence-electron chi connectivity index (χ3n) is 4.24. The molecule has 0 aliphatic heterocycles. The number of fused-ring (bicyclic) bond motifs is 1. The number of benzene rings is 3. The number of urea groups is 1. The summed E-state index contributed by atoms with van der Waals surface area (Å²) in [6, 6.07) is 21.9. The van der Waals surface area contributed by atoms with Crippen LogP contribution in [0.4, 0.5) is 4.79 Å². The third kappa shape index (κ3) is 4.58. The molecule has 4 nitrogen and oxygen atoms in total. The maximum Gasteiger partial charge on any atom is 0.315 e. The molecule has 2 amide bonds. The monoisotopic (exact) mass is 334 g/mol. The van der Waals surface area contributed by atoms with Crippen LogP contribution in [0.25, 0.3) is 10.8 Å². The van der Waals surface area contributed by atoms with Crippen LogP contribution in [0.3, 0.4) is 0 Å². The summed E-state index contributed by atoms with van der Waals surface area (Å²) in [5, 5.41) is 17.4. The highest BCUT2D eigenvalue weighted by Crippen LogP contribution is 2.15. The lowest BCUT2D eigenvalue weighted by atomic mass is 10.1. The fourth-order valence-corrected chi connectivity index (χ4v) is 2.84. The van der Waals surface area contributed by atoms with Crippen LogP contribution in [0, 0.1) is 0 Å². The first-order chi connectivity index (χ1) is 12.3. The average Bonchev–Trinajstić information content (AvgIpc) is 2.66. The van der Waals surface area contributed by atoms with Crippen molar-refractivity contribution in [2.45, 2.75) is 19.6 Å². The van der Waals surface area contributed by atoms with E-state index in [2.05, 4.69) is 41.0 Å². The molecule has 3 N–H and O–H groups in total. The summed E-state index contributed by atoms with van der Waals surface area (Å²) in [6.07, 6.45) is 0.783. The van der Waals surface area contributed by atoms with E-state index in [1.54, 1.807) is 0 Å². The standard InChI is InChI=1S/C21H22N2O2/c24-15-20-8-4-3-7-19(20)14-23-21(25)22-12-11-16-9-10-17-5-1-2-6-18(17)13-16/h1-10,13,24H,11-12,14-15H2,(H2,22,23,25). The number of aliphatic hydroxyl groups is 1. The van der Waals surface area contributed by atoms with Gasteiger partial charge in [-0.15, -0.1) is 0 Å². The Kier molecular flexibility index (Phi) is 5.65. The van der Waals surface area contributed by atoms with Gasteiger partial charge < -0.3 is 15.7 Å². The fourth-order valence-electron chi connectivity index (χ4n) is 2.84. The summed E-state index contributed by atoms with van der Waals surface area (Å²) in [5.74, 6) is 0. The van der Waals surface area contributed by atoms with E-state index in [0.717, 1.165) is 17.5 Å². The molecule has 0 heterocycles. The van der Waals surface area contributed by atoms with Crippen molar-refractivity contribution in [1.29, 1.82) is 0 Å². The molecule has 0 bridgehead atoms. The molecule has 0 spiro atoms. The summed E-state index contributed by atoms with van der Waals surface area (Å²) >= 11 is 0. The number of nitrogens with one attached hydrogen (secondary N) is 2. The number of hydrogen-bond acceptors (Lipinski definition) is 2. The zero-order chi connectivity index (χ0) is 17.5. The molecule has 25 heavy (non-hydrogen) atoms. The van der Waals surface area contributed by atoms with Crippen LogP contribution in [0.1, 0.15) is 16.7 Å². The van der Waals surface area contributed by atoms with Gasteiger partial charge in [0, 0.05) is 13.1 Å². The fraction of sp³-hybridized carbons (Fsp3) is 0.190. The van der Waals surface area contributed by atoms with Crippen molar-refractivity contribution in [1.82, 2.24) is 10.6 Å². The predicted molar refractivity (Wildman–Crippen MR) is 100 cm³/mol. The lowest BCUT2D eigenvalue weighted by Gasteiger charge is -2.10. The van der Waals surface area contributed by atoms with Crippen molar-refractivity contribution in [2.75, 3.05) is 6.54 Å². The number of hydrogen-bond donors (Lipinski definition) is 3. The van der Waals surface area contributed by atoms with Gasteiger partial charge in [-0.1, -0.05) is 66.7 Å². The summed E-state index contributed by atoms with van der Waals surface area (Å²) in [5.41, 5.74) is 2.96. The zero-order valence-electron chi connectivity index (χ0n) is 14.0. The third-order valence-corrected chi connectivity index (χ3v) is 4.24. The van der Waals surface area contributed by atoms with Crippen molar-refractivity contribution in [2.24, 2.45) is 0 Å². The minimum Gasteiger partial charge on any atom is -0.392 e. The lowest BCUT2D eigenvalue weighted by Crippen LogP contribution is -2.36. The first kappa shape index (κ1) is 17.0. The Morgan fingerprint density at radius 3 is 2.36 bits per heavy atom. The maximum absolute atomic E-state index is 11.9. The minimum atomic E-state index is -0.200. The molecule has 0 aromatic heterocycles. The summed E-state index contributed by atoms with van der Waals surface area (Å²) < 4.78 is 0. The summed E-state index contributed by atoms with van der Waals surface area (Å²) in [7, 11) is 0. The number of rotatable bonds is 6. The lowest BCUT2D eigenvalue weighted by molar-refractivity contribution is 0.240. The molecule has 0 saturated carbocycles. The Bertz CT molecular complexity index is 861. The van der Waals surface area contributed by atoms with E-state index in [1.807, 2.05) is 36.4 Å². The van der Waals surface area contributed by atoms with Gasteiger partial charge in [-0.3, -0.25) is 0 Å². The molecule has 3 aromatic carbocycles. The molecule has 128 valence electrons. The van der Waals surface area contributed by atoms with Crippen LogP contribution in [-0.2, 0) is 19.6 Å². The van der Waals surface area contributed by atoms with Gasteiger partial charge in [0.25, 0.3) is 0 Å². The van der Waals surface area contributed by atoms with Crippen LogP contribution in [0.5, 0.6) is 0 Å². The molecule has 0 atom stereocenters. The maximum atomic E-state index is 11.9. The molecular formula is C21H22N2O2. The second-order valence-electron chi connectivity index (χ2n) is 5.97. The van der Waals surface area contributed by atoms with Gasteiger partial charge in [0.1, 0.15) is 0 Å². The number of amides is 2. The SMILES string of the molecule is O=C(NCCc1ccc2ccccc2c1)NCc1ccccc1CO. The van der Waals surface area contributed by atoms with Crippen LogP contribution in [-0.4, -0.2) is 17.7 Å². The van der Waals surface area contributed by atoms with E-state index in [-0.39, 0.29) is 12.6 Å². The highest BCUT2D eigenvalue weighted by atomic mass is 16.3. The number of carbonyl (C=O) groups excluding carboxylic acids is 1. The molecule has 3 rings (SSSR count). The highest BCUT2D eigenvalue weighted by Gasteiger charge is 2.04. The zero-order valence-corrected chi connectivity index (χ0v) is 14.0. The Hall–Kier alpha value is -2.85. The van der Waals surface area contributed by atoms with E-state index in [9.17, 15) is 9.90 Å². The summed E-state index contributed by atoms with van der Waals surface area (Å²) in [4.78, 5) is 11.9. The Morgan fingerprint density at radius 1 is 0.840 bits per heavy atom. The molecule has 0 aliphatic carbocycles. The molecule has 0 radical (unpaired) electrons. The topological polar surface area (TPSA) is 61.4 Å². The molecule has 0 fully saturated rings. The van der Waals surface area contributed by atoms with Crippen molar-refractivity contribution in [3.05, 3.63) is 83.4 Å². The van der Waals surface area contributed by atoms with Gasteiger partial charge in [0.2, 0.25) is 0 Å². The first-order valence-electron chi connectivity index (χ1n) is 8.43. The predicted octanol–water partition coefficient (Wildman–Crippen LogP) is 3.37. The molecule has 3 aromatic rings. The van der Waals surface area contributed by atoms with Crippen molar-refractivity contribution < 1.29 is 9.90 Å². The molecule has 0 aliphatic rings. The quantitative estimate of drug-likeness (QED) is 0.647. The van der Waals surface area contributed by atoms with Crippen LogP contribution in [0.2, 0.25) is 0 Å². The van der Waals surface area contributed by atoms with E-state index in [4.69, 9.17) is 0 Å². The Labute approximate surface area is 147 Å².